The summed E-state index contributed by atoms with van der Waals surface area (Å²) in [5, 5.41) is 4.75. The molecule has 48 heteroatoms. The van der Waals surface area contributed by atoms with Crippen molar-refractivity contribution >= 4 is 96.3 Å². The van der Waals surface area contributed by atoms with E-state index < -0.39 is 179 Å². The van der Waals surface area contributed by atoms with Crippen molar-refractivity contribution in [2.75, 3.05) is 0 Å². The quantitative estimate of drug-likeness (QED) is 0.0107. The van der Waals surface area contributed by atoms with E-state index in [0.29, 0.717) is 0 Å². The molecule has 85 heavy (non-hydrogen) atoms. The molecule has 450 valence electrons. The van der Waals surface area contributed by atoms with Crippen LogP contribution in [0.3, 0.4) is 0 Å². The van der Waals surface area contributed by atoms with Crippen molar-refractivity contribution in [3.8, 4) is 11.5 Å². The van der Waals surface area contributed by atoms with E-state index in [-0.39, 0.29) is 70.6 Å². The van der Waals surface area contributed by atoms with Gasteiger partial charge in [0.1, 0.15) is 37.9 Å². The molecule has 0 aromatic heterocycles. The predicted molar refractivity (Wildman–Crippen MR) is 244 cm³/mol. The van der Waals surface area contributed by atoms with Gasteiger partial charge in [0.25, 0.3) is 9.05 Å². The summed E-state index contributed by atoms with van der Waals surface area (Å²) in [6.45, 7) is 0. The Morgan fingerprint density at radius 1 is 0.388 bits per heavy atom. The molecule has 0 saturated carbocycles. The van der Waals surface area contributed by atoms with Crippen molar-refractivity contribution in [2.45, 2.75) is 23.9 Å². The Labute approximate surface area is 524 Å². The molecule has 0 aliphatic carbocycles. The topological polar surface area (TPSA) is 334 Å². The van der Waals surface area contributed by atoms with Crippen molar-refractivity contribution in [1.82, 2.24) is 0 Å². The molecule has 6 aromatic rings. The van der Waals surface area contributed by atoms with Gasteiger partial charge in [-0.3, -0.25) is 4.91 Å². The van der Waals surface area contributed by atoms with Crippen molar-refractivity contribution in [3.05, 3.63) is 202 Å². The van der Waals surface area contributed by atoms with Crippen LogP contribution in [0.15, 0.2) is 90.5 Å². The zero-order valence-electron chi connectivity index (χ0n) is 39.8. The third kappa shape index (κ3) is 21.4. The standard InChI is InChI=1S/C12H5F5O3S.C12H5F4N3O3S.C6ClF5O2S.C6HF4N3O3S.CHCl3.N3.2Na/c13-7-8(14)10(16)12(11(17)9(7)15)21(18,19)20-6-4-2-1-3-5-6;13-7-9(15)12(10(16)8(14)11(7)18-19-17)23(20,21)22-6-4-2-1-3-5-6;7-15(13,14)6-4(11)2(9)1(8)3(10)5(6)12;7-1-3(9)6(17(14,15)16)4(10)2(8)5(1)12-13-11;2-1(3)4;1-3-2;;/h1-5H;1-5H;;(H,14,15,16);1H;;;/q;;;;;-1;2*+1/p-1. The Bertz CT molecular complexity index is 3950. The van der Waals surface area contributed by atoms with Gasteiger partial charge in [0.2, 0.25) is 11.6 Å². The SMILES string of the molecule is ClC(Cl)Cl.O=S(=O)(Cl)c1c(F)c(F)c(F)c(F)c1F.O=S(=O)(Oc1ccccc1)c1c(F)c(F)c(F)c(F)c1F.[N-]=[N+]=Nc1c(F)c(F)c(S(=O)(=O)Oc2ccccc2)c(F)c1F.[N-]=[N+]=Nc1c(F)c(F)c(S(=O)(=O)[O-])c(F)c1F.[N-]=[N+]=[N-].[Na+].[Na+]. The van der Waals surface area contributed by atoms with E-state index in [1.165, 1.54) is 41.3 Å². The maximum atomic E-state index is 13.8. The number of benzene rings is 6. The van der Waals surface area contributed by atoms with Crippen LogP contribution < -0.4 is 67.5 Å². The number of alkyl halides is 3. The van der Waals surface area contributed by atoms with Gasteiger partial charge in [-0.1, -0.05) is 81.4 Å². The van der Waals surface area contributed by atoms with E-state index in [9.17, 15) is 117 Å². The molecule has 0 atom stereocenters. The van der Waals surface area contributed by atoms with Crippen LogP contribution in [0, 0.1) is 105 Å². The number of hydrogen-bond acceptors (Lipinski definition) is 13. The van der Waals surface area contributed by atoms with Crippen LogP contribution in [0.25, 0.3) is 36.9 Å². The van der Waals surface area contributed by atoms with Gasteiger partial charge < -0.3 is 24.0 Å². The molecule has 0 radical (unpaired) electrons. The average molecular weight is 1420 g/mol. The fourth-order valence-corrected chi connectivity index (χ4v) is 8.56. The summed E-state index contributed by atoms with van der Waals surface area (Å²) in [5.74, 6) is -43.2. The maximum absolute atomic E-state index is 13.8. The molecule has 0 amide bonds. The van der Waals surface area contributed by atoms with E-state index in [1.54, 1.807) is 0 Å². The number of hydrogen-bond donors (Lipinski definition) is 0. The first-order chi connectivity index (χ1) is 38.1. The third-order valence-electron chi connectivity index (χ3n) is 7.92. The van der Waals surface area contributed by atoms with Gasteiger partial charge in [-0.25, -0.2) is 95.9 Å². The van der Waals surface area contributed by atoms with Gasteiger partial charge in [0.05, 0.1) is 0 Å². The molecule has 0 bridgehead atoms. The Morgan fingerprint density at radius 3 is 0.800 bits per heavy atom. The van der Waals surface area contributed by atoms with Gasteiger partial charge >= 0.3 is 79.4 Å². The molecule has 6 rings (SSSR count). The van der Waals surface area contributed by atoms with Crippen LogP contribution in [0.4, 0.5) is 90.4 Å². The third-order valence-corrected chi connectivity index (χ3v) is 12.6. The summed E-state index contributed by atoms with van der Waals surface area (Å²) in [6.07, 6.45) is 0. The predicted octanol–water partition coefficient (Wildman–Crippen LogP) is 8.36. The second-order valence-corrected chi connectivity index (χ2v) is 21.7. The van der Waals surface area contributed by atoms with Gasteiger partial charge in [0.15, 0.2) is 112 Å². The van der Waals surface area contributed by atoms with Crippen LogP contribution in [-0.2, 0) is 39.4 Å². The first-order valence-corrected chi connectivity index (χ1v) is 26.6. The molecule has 0 aliphatic heterocycles. The van der Waals surface area contributed by atoms with Crippen molar-refractivity contribution < 1.29 is 185 Å². The maximum Gasteiger partial charge on any atom is 1.00 e. The fraction of sp³-hybridized carbons (Fsp3) is 0.0270. The van der Waals surface area contributed by atoms with Crippen LogP contribution in [-0.4, -0.2) is 42.5 Å². The van der Waals surface area contributed by atoms with E-state index in [1.807, 2.05) is 9.82 Å². The van der Waals surface area contributed by atoms with Gasteiger partial charge in [0, 0.05) is 20.5 Å². The first-order valence-electron chi connectivity index (χ1n) is 18.7. The zero-order chi connectivity index (χ0) is 64.6. The minimum absolute atomic E-state index is 0. The van der Waals surface area contributed by atoms with Crippen molar-refractivity contribution in [3.63, 3.8) is 0 Å². The van der Waals surface area contributed by atoms with Crippen LogP contribution in [0.1, 0.15) is 0 Å². The van der Waals surface area contributed by atoms with E-state index in [2.05, 4.69) is 29.3 Å². The van der Waals surface area contributed by atoms with Crippen LogP contribution in [0.5, 0.6) is 11.5 Å². The number of nitrogens with zero attached hydrogens (tertiary/aromatic N) is 9. The van der Waals surface area contributed by atoms with E-state index in [0.717, 1.165) is 24.3 Å². The Balaban J connectivity index is 0. The molecule has 0 N–H and O–H groups in total. The summed E-state index contributed by atoms with van der Waals surface area (Å²) in [4.78, 5) is -2.97. The Kier molecular flexibility index (Phi) is 33.3. The molecule has 0 saturated heterocycles. The molecule has 0 heterocycles. The van der Waals surface area contributed by atoms with E-state index in [4.69, 9.17) is 56.9 Å². The number of halogens is 22. The Hall–Kier alpha value is -5.49. The van der Waals surface area contributed by atoms with Crippen molar-refractivity contribution in [2.24, 2.45) is 10.2 Å². The van der Waals surface area contributed by atoms with Crippen LogP contribution in [0.2, 0.25) is 0 Å². The summed E-state index contributed by atoms with van der Waals surface area (Å²) in [7, 11) is -16.8. The minimum atomic E-state index is -5.76. The second-order valence-electron chi connectivity index (χ2n) is 13.0. The number of azide groups is 2. The average Bonchev–Trinajstić information content (AvgIpc) is 2.11. The second kappa shape index (κ2) is 34.7. The summed E-state index contributed by atoms with van der Waals surface area (Å²) < 4.78 is 342. The fourth-order valence-electron chi connectivity index (χ4n) is 4.80. The largest absolute Gasteiger partial charge is 1.00 e. The van der Waals surface area contributed by atoms with Gasteiger partial charge in [-0.2, -0.15) is 16.8 Å². The van der Waals surface area contributed by atoms with Crippen molar-refractivity contribution in [1.29, 1.82) is 0 Å². The zero-order valence-corrected chi connectivity index (χ0v) is 50.1. The van der Waals surface area contributed by atoms with E-state index >= 15 is 0 Å². The normalized spacial score (nSPS) is 10.6. The molecular weight excluding hydrogens is 1400 g/mol. The smallest absolute Gasteiger partial charge is 0.744 e. The Morgan fingerprint density at radius 2 is 0.588 bits per heavy atom. The van der Waals surface area contributed by atoms with Gasteiger partial charge in [-0.15, -0.1) is 0 Å². The molecular formula is C37H11Cl4F18N9Na2O11S4. The van der Waals surface area contributed by atoms with Crippen LogP contribution >= 0.6 is 45.5 Å². The summed E-state index contributed by atoms with van der Waals surface area (Å²) in [5.41, 5.74) is 26.2. The summed E-state index contributed by atoms with van der Waals surface area (Å²) >= 11 is 14.4. The monoisotopic (exact) mass is 1410 g/mol. The molecule has 6 aromatic carbocycles. The number of rotatable bonds is 10. The summed E-state index contributed by atoms with van der Waals surface area (Å²) in [6, 6.07) is 13.0. The van der Waals surface area contributed by atoms with Gasteiger partial charge in [-0.05, 0) is 35.3 Å². The number of para-hydroxylation sites is 2. The first kappa shape index (κ1) is 81.6. The molecule has 0 spiro atoms. The molecule has 0 fully saturated rings. The minimum Gasteiger partial charge on any atom is -0.744 e. The molecule has 0 unspecified atom stereocenters. The molecule has 0 aliphatic rings. The molecule has 20 nitrogen and oxygen atoms in total.